The molecule has 1 aromatic carbocycles. The van der Waals surface area contributed by atoms with Crippen molar-refractivity contribution in [2.45, 2.75) is 26.3 Å². The molecule has 2 amide bonds. The number of thiazole rings is 1. The lowest BCUT2D eigenvalue weighted by atomic mass is 10.2. The van der Waals surface area contributed by atoms with Crippen LogP contribution in [0.1, 0.15) is 35.0 Å². The zero-order valence-corrected chi connectivity index (χ0v) is 14.4. The molecule has 7 heteroatoms. The third kappa shape index (κ3) is 3.73. The molecule has 2 N–H and O–H groups in total. The monoisotopic (exact) mass is 344 g/mol. The predicted molar refractivity (Wildman–Crippen MR) is 95.3 cm³/mol. The molecule has 6 nitrogen and oxygen atoms in total. The molecule has 0 bridgehead atoms. The van der Waals surface area contributed by atoms with Crippen LogP contribution in [0.2, 0.25) is 0 Å². The maximum Gasteiger partial charge on any atom is 0.268 e. The molecule has 0 atom stereocenters. The molecule has 1 aromatic heterocycles. The first-order valence-electron chi connectivity index (χ1n) is 8.05. The Morgan fingerprint density at radius 1 is 1.29 bits per heavy atom. The number of unbranched alkanes of at least 4 members (excludes halogenated alkanes) is 1. The van der Waals surface area contributed by atoms with Crippen LogP contribution in [-0.4, -0.2) is 34.8 Å². The van der Waals surface area contributed by atoms with Crippen LogP contribution in [0.4, 0.5) is 10.9 Å². The second-order valence-corrected chi connectivity index (χ2v) is 6.67. The molecule has 0 fully saturated rings. The van der Waals surface area contributed by atoms with Crippen molar-refractivity contribution in [3.8, 4) is 0 Å². The molecule has 0 unspecified atom stereocenters. The fourth-order valence-electron chi connectivity index (χ4n) is 2.49. The summed E-state index contributed by atoms with van der Waals surface area (Å²) in [5.74, 6) is -0.0127. The molecule has 2 heterocycles. The van der Waals surface area contributed by atoms with Gasteiger partial charge in [0.25, 0.3) is 5.91 Å². The van der Waals surface area contributed by atoms with Crippen LogP contribution in [0, 0.1) is 0 Å². The van der Waals surface area contributed by atoms with Crippen molar-refractivity contribution < 1.29 is 9.59 Å². The average Bonchev–Trinajstić information content (AvgIpc) is 2.93. The number of amides is 2. The summed E-state index contributed by atoms with van der Waals surface area (Å²) >= 11 is 1.30. The van der Waals surface area contributed by atoms with Gasteiger partial charge in [0.2, 0.25) is 5.91 Å². The molecular weight excluding hydrogens is 324 g/mol. The van der Waals surface area contributed by atoms with Gasteiger partial charge in [0, 0.05) is 13.1 Å². The smallest absolute Gasteiger partial charge is 0.268 e. The van der Waals surface area contributed by atoms with E-state index in [1.807, 2.05) is 30.3 Å². The molecule has 0 radical (unpaired) electrons. The topological polar surface area (TPSA) is 74.3 Å². The van der Waals surface area contributed by atoms with E-state index in [9.17, 15) is 9.59 Å². The quantitative estimate of drug-likeness (QED) is 0.790. The minimum atomic E-state index is -0.219. The van der Waals surface area contributed by atoms with Crippen LogP contribution in [0.15, 0.2) is 30.3 Å². The van der Waals surface area contributed by atoms with E-state index in [2.05, 4.69) is 22.5 Å². The fraction of sp³-hybridized carbons (Fsp3) is 0.353. The van der Waals surface area contributed by atoms with E-state index in [-0.39, 0.29) is 18.4 Å². The number of anilines is 2. The van der Waals surface area contributed by atoms with Gasteiger partial charge < -0.3 is 15.5 Å². The zero-order valence-electron chi connectivity index (χ0n) is 13.5. The second kappa shape index (κ2) is 7.44. The number of fused-ring (bicyclic) bond motifs is 1. The second-order valence-electron chi connectivity index (χ2n) is 5.67. The van der Waals surface area contributed by atoms with Gasteiger partial charge in [-0.2, -0.15) is 0 Å². The van der Waals surface area contributed by atoms with Crippen molar-refractivity contribution >= 4 is 34.1 Å². The summed E-state index contributed by atoms with van der Waals surface area (Å²) in [5, 5.41) is 6.62. The highest BCUT2D eigenvalue weighted by Gasteiger charge is 2.29. The highest BCUT2D eigenvalue weighted by molar-refractivity contribution is 7.18. The molecule has 3 rings (SSSR count). The van der Waals surface area contributed by atoms with Crippen molar-refractivity contribution in [3.63, 3.8) is 0 Å². The molecule has 0 spiro atoms. The van der Waals surface area contributed by atoms with E-state index in [0.717, 1.165) is 24.9 Å². The van der Waals surface area contributed by atoms with Gasteiger partial charge in [-0.3, -0.25) is 9.59 Å². The Morgan fingerprint density at radius 2 is 2.08 bits per heavy atom. The lowest BCUT2D eigenvalue weighted by Crippen LogP contribution is -2.34. The maximum absolute atomic E-state index is 12.8. The number of carbonyl (C=O) groups excluding carboxylic acids is 2. The first kappa shape index (κ1) is 16.4. The number of benzene rings is 1. The van der Waals surface area contributed by atoms with Crippen molar-refractivity contribution in [3.05, 3.63) is 40.8 Å². The van der Waals surface area contributed by atoms with Crippen LogP contribution in [-0.2, 0) is 11.3 Å². The maximum atomic E-state index is 12.8. The van der Waals surface area contributed by atoms with Crippen LogP contribution in [0.5, 0.6) is 0 Å². The molecule has 126 valence electrons. The molecule has 0 saturated carbocycles. The molecule has 24 heavy (non-hydrogen) atoms. The van der Waals surface area contributed by atoms with E-state index in [0.29, 0.717) is 22.4 Å². The van der Waals surface area contributed by atoms with Gasteiger partial charge in [-0.15, -0.1) is 0 Å². The third-order valence-electron chi connectivity index (χ3n) is 3.72. The SMILES string of the molecule is CCCCNc1nc2c(s1)C(=O)N(Cc1ccccc1)CC(=O)N2. The Labute approximate surface area is 144 Å². The molecule has 1 aliphatic heterocycles. The molecule has 2 aromatic rings. The van der Waals surface area contributed by atoms with E-state index in [4.69, 9.17) is 0 Å². The van der Waals surface area contributed by atoms with Gasteiger partial charge in [-0.1, -0.05) is 55.0 Å². The minimum Gasteiger partial charge on any atom is -0.361 e. The number of rotatable bonds is 6. The summed E-state index contributed by atoms with van der Waals surface area (Å²) in [7, 11) is 0. The van der Waals surface area contributed by atoms with Crippen molar-refractivity contribution in [2.75, 3.05) is 23.7 Å². The van der Waals surface area contributed by atoms with Gasteiger partial charge >= 0.3 is 0 Å². The highest BCUT2D eigenvalue weighted by atomic mass is 32.1. The Morgan fingerprint density at radius 3 is 2.83 bits per heavy atom. The normalized spacial score (nSPS) is 14.1. The highest BCUT2D eigenvalue weighted by Crippen LogP contribution is 2.30. The Kier molecular flexibility index (Phi) is 5.10. The molecular formula is C17H20N4O2S. The standard InChI is InChI=1S/C17H20N4O2S/c1-2-3-9-18-17-20-15-14(24-17)16(23)21(11-13(22)19-15)10-12-7-5-4-6-8-12/h4-8H,2-3,9-11H2,1H3,(H,18,20)(H,19,22). The fourth-order valence-corrected chi connectivity index (χ4v) is 3.40. The van der Waals surface area contributed by atoms with Crippen molar-refractivity contribution in [1.82, 2.24) is 9.88 Å². The number of hydrogen-bond donors (Lipinski definition) is 2. The third-order valence-corrected chi connectivity index (χ3v) is 4.72. The Balaban J connectivity index is 1.80. The zero-order chi connectivity index (χ0) is 16.9. The molecule has 1 aliphatic rings. The van der Waals surface area contributed by atoms with Crippen molar-refractivity contribution in [1.29, 1.82) is 0 Å². The lowest BCUT2D eigenvalue weighted by molar-refractivity contribution is -0.116. The molecule has 0 aliphatic carbocycles. The number of nitrogens with zero attached hydrogens (tertiary/aromatic N) is 2. The van der Waals surface area contributed by atoms with E-state index in [1.54, 1.807) is 4.90 Å². The largest absolute Gasteiger partial charge is 0.361 e. The summed E-state index contributed by atoms with van der Waals surface area (Å²) in [4.78, 5) is 31.3. The van der Waals surface area contributed by atoms with Crippen LogP contribution >= 0.6 is 11.3 Å². The first-order chi connectivity index (χ1) is 11.7. The average molecular weight is 344 g/mol. The summed E-state index contributed by atoms with van der Waals surface area (Å²) < 4.78 is 0. The van der Waals surface area contributed by atoms with Crippen LogP contribution in [0.3, 0.4) is 0 Å². The summed E-state index contributed by atoms with van der Waals surface area (Å²) in [6.07, 6.45) is 2.11. The Hall–Kier alpha value is -2.41. The number of carbonyl (C=O) groups is 2. The van der Waals surface area contributed by atoms with Gasteiger partial charge in [0.15, 0.2) is 10.9 Å². The lowest BCUT2D eigenvalue weighted by Gasteiger charge is -2.19. The number of aromatic nitrogens is 1. The van der Waals surface area contributed by atoms with Crippen LogP contribution in [0.25, 0.3) is 0 Å². The van der Waals surface area contributed by atoms with E-state index in [1.165, 1.54) is 11.3 Å². The van der Waals surface area contributed by atoms with Crippen molar-refractivity contribution in [2.24, 2.45) is 0 Å². The van der Waals surface area contributed by atoms with Gasteiger partial charge in [0.1, 0.15) is 11.4 Å². The van der Waals surface area contributed by atoms with Gasteiger partial charge in [-0.05, 0) is 12.0 Å². The number of hydrogen-bond acceptors (Lipinski definition) is 5. The van der Waals surface area contributed by atoms with E-state index >= 15 is 0 Å². The minimum absolute atomic E-state index is 0.0371. The molecule has 0 saturated heterocycles. The summed E-state index contributed by atoms with van der Waals surface area (Å²) in [6, 6.07) is 9.66. The van der Waals surface area contributed by atoms with Gasteiger partial charge in [-0.25, -0.2) is 4.98 Å². The van der Waals surface area contributed by atoms with Gasteiger partial charge in [0.05, 0.1) is 0 Å². The number of nitrogens with one attached hydrogen (secondary N) is 2. The summed E-state index contributed by atoms with van der Waals surface area (Å²) in [5.41, 5.74) is 0.993. The van der Waals surface area contributed by atoms with Crippen LogP contribution < -0.4 is 10.6 Å². The predicted octanol–water partition coefficient (Wildman–Crippen LogP) is 2.95. The first-order valence-corrected chi connectivity index (χ1v) is 8.86. The summed E-state index contributed by atoms with van der Waals surface area (Å²) in [6.45, 7) is 3.36. The van der Waals surface area contributed by atoms with E-state index < -0.39 is 0 Å². The Bertz CT molecular complexity index is 729.